The number of piperazine rings is 1. The predicted molar refractivity (Wildman–Crippen MR) is 110 cm³/mol. The lowest BCUT2D eigenvalue weighted by Crippen LogP contribution is -3.15. The van der Waals surface area contributed by atoms with Crippen molar-refractivity contribution in [3.63, 3.8) is 0 Å². The molecule has 2 heterocycles. The van der Waals surface area contributed by atoms with Crippen LogP contribution in [0.4, 0.5) is 11.4 Å². The van der Waals surface area contributed by atoms with Crippen LogP contribution in [0.2, 0.25) is 5.02 Å². The summed E-state index contributed by atoms with van der Waals surface area (Å²) in [5.41, 5.74) is 1.99. The molecular weight excluding hydrogens is 394 g/mol. The lowest BCUT2D eigenvalue weighted by atomic mass is 10.1. The number of anilines is 2. The molecule has 0 bridgehead atoms. The van der Waals surface area contributed by atoms with E-state index in [1.54, 1.807) is 12.1 Å². The predicted octanol–water partition coefficient (Wildman–Crippen LogP) is 1.61. The van der Waals surface area contributed by atoms with Gasteiger partial charge in [0.1, 0.15) is 0 Å². The number of hydrogen-bond acceptors (Lipinski definition) is 5. The number of quaternary nitrogens is 1. The number of halogens is 1. The first-order valence-corrected chi connectivity index (χ1v) is 9.96. The number of fused-ring (bicyclic) bond motifs is 1. The zero-order valence-electron chi connectivity index (χ0n) is 16.2. The second kappa shape index (κ2) is 8.31. The Kier molecular flexibility index (Phi) is 5.60. The SMILES string of the molecule is CC(=O)c1cc2c(cc1NC(=O)C[NH+]1CCN(c3cccc(Cl)c3)CC1)OCO2. The van der Waals surface area contributed by atoms with Gasteiger partial charge in [-0.1, -0.05) is 17.7 Å². The first-order chi connectivity index (χ1) is 14.0. The summed E-state index contributed by atoms with van der Waals surface area (Å²) in [5.74, 6) is 0.794. The van der Waals surface area contributed by atoms with Crippen molar-refractivity contribution in [1.29, 1.82) is 0 Å². The van der Waals surface area contributed by atoms with E-state index in [-0.39, 0.29) is 18.5 Å². The summed E-state index contributed by atoms with van der Waals surface area (Å²) in [6, 6.07) is 11.1. The smallest absolute Gasteiger partial charge is 0.279 e. The molecule has 0 atom stereocenters. The van der Waals surface area contributed by atoms with E-state index in [4.69, 9.17) is 21.1 Å². The second-order valence-corrected chi connectivity index (χ2v) is 7.69. The number of hydrogen-bond donors (Lipinski definition) is 2. The molecule has 29 heavy (non-hydrogen) atoms. The van der Waals surface area contributed by atoms with Gasteiger partial charge in [-0.15, -0.1) is 0 Å². The Labute approximate surface area is 174 Å². The summed E-state index contributed by atoms with van der Waals surface area (Å²) >= 11 is 6.08. The van der Waals surface area contributed by atoms with E-state index < -0.39 is 0 Å². The third-order valence-electron chi connectivity index (χ3n) is 5.22. The molecule has 0 unspecified atom stereocenters. The number of carbonyl (C=O) groups excluding carboxylic acids is 2. The quantitative estimate of drug-likeness (QED) is 0.725. The number of ketones is 1. The van der Waals surface area contributed by atoms with Crippen LogP contribution in [0, 0.1) is 0 Å². The Morgan fingerprint density at radius 2 is 1.86 bits per heavy atom. The van der Waals surface area contributed by atoms with Gasteiger partial charge in [0, 0.05) is 22.3 Å². The monoisotopic (exact) mass is 416 g/mol. The normalized spacial score (nSPS) is 16.0. The number of ether oxygens (including phenoxy) is 2. The largest absolute Gasteiger partial charge is 0.454 e. The minimum absolute atomic E-state index is 0.116. The number of carbonyl (C=O) groups is 2. The maximum absolute atomic E-state index is 12.6. The molecular formula is C21H23ClN3O4+. The Morgan fingerprint density at radius 3 is 2.55 bits per heavy atom. The molecule has 7 nitrogen and oxygen atoms in total. The molecule has 0 aliphatic carbocycles. The molecule has 2 N–H and O–H groups in total. The topological polar surface area (TPSA) is 72.3 Å². The standard InChI is InChI=1S/C21H22ClN3O4/c1-14(26)17-10-19-20(29-13-28-19)11-18(17)23-21(27)12-24-5-7-25(8-6-24)16-4-2-3-15(22)9-16/h2-4,9-11H,5-8,12-13H2,1H3,(H,23,27)/p+1. The molecule has 0 saturated carbocycles. The highest BCUT2D eigenvalue weighted by atomic mass is 35.5. The third-order valence-corrected chi connectivity index (χ3v) is 5.46. The number of rotatable bonds is 5. The highest BCUT2D eigenvalue weighted by Gasteiger charge is 2.24. The molecule has 0 radical (unpaired) electrons. The number of Topliss-reactive ketones (excluding diaryl/α,β-unsaturated/α-hetero) is 1. The van der Waals surface area contributed by atoms with Crippen molar-refractivity contribution in [2.45, 2.75) is 6.92 Å². The fourth-order valence-electron chi connectivity index (χ4n) is 3.69. The Bertz CT molecular complexity index is 942. The highest BCUT2D eigenvalue weighted by molar-refractivity contribution is 6.30. The van der Waals surface area contributed by atoms with Crippen LogP contribution in [0.15, 0.2) is 36.4 Å². The number of amides is 1. The van der Waals surface area contributed by atoms with Crippen LogP contribution in [0.1, 0.15) is 17.3 Å². The van der Waals surface area contributed by atoms with Crippen LogP contribution < -0.4 is 24.6 Å². The molecule has 152 valence electrons. The molecule has 2 aliphatic rings. The number of nitrogens with one attached hydrogen (secondary N) is 2. The van der Waals surface area contributed by atoms with Crippen molar-refractivity contribution >= 4 is 34.7 Å². The summed E-state index contributed by atoms with van der Waals surface area (Å²) in [7, 11) is 0. The van der Waals surface area contributed by atoms with Crippen molar-refractivity contribution in [3.8, 4) is 11.5 Å². The summed E-state index contributed by atoms with van der Waals surface area (Å²) in [4.78, 5) is 28.0. The van der Waals surface area contributed by atoms with E-state index in [2.05, 4.69) is 10.2 Å². The Morgan fingerprint density at radius 1 is 1.14 bits per heavy atom. The molecule has 2 aromatic rings. The van der Waals surface area contributed by atoms with Gasteiger partial charge in [0.05, 0.1) is 31.9 Å². The number of benzene rings is 2. The fourth-order valence-corrected chi connectivity index (χ4v) is 3.87. The average Bonchev–Trinajstić information content (AvgIpc) is 3.15. The van der Waals surface area contributed by atoms with Crippen molar-refractivity contribution in [2.24, 2.45) is 0 Å². The van der Waals surface area contributed by atoms with E-state index >= 15 is 0 Å². The van der Waals surface area contributed by atoms with E-state index in [0.29, 0.717) is 29.3 Å². The number of nitrogens with zero attached hydrogens (tertiary/aromatic N) is 1. The third kappa shape index (κ3) is 4.46. The van der Waals surface area contributed by atoms with Gasteiger partial charge in [-0.25, -0.2) is 0 Å². The maximum atomic E-state index is 12.6. The summed E-state index contributed by atoms with van der Waals surface area (Å²) in [5, 5.41) is 3.60. The van der Waals surface area contributed by atoms with Crippen LogP contribution >= 0.6 is 11.6 Å². The molecule has 8 heteroatoms. The molecule has 4 rings (SSSR count). The summed E-state index contributed by atoms with van der Waals surface area (Å²) in [6.07, 6.45) is 0. The van der Waals surface area contributed by atoms with Crippen molar-refractivity contribution in [1.82, 2.24) is 0 Å². The Hall–Kier alpha value is -2.77. The summed E-state index contributed by atoms with van der Waals surface area (Å²) in [6.45, 7) is 5.33. The van der Waals surface area contributed by atoms with Gasteiger partial charge < -0.3 is 24.6 Å². The van der Waals surface area contributed by atoms with E-state index in [9.17, 15) is 9.59 Å². The van der Waals surface area contributed by atoms with Gasteiger partial charge in [-0.3, -0.25) is 9.59 Å². The van der Waals surface area contributed by atoms with Crippen molar-refractivity contribution in [2.75, 3.05) is 49.7 Å². The molecule has 2 aliphatic heterocycles. The molecule has 0 aromatic heterocycles. The van der Waals surface area contributed by atoms with Crippen molar-refractivity contribution in [3.05, 3.63) is 47.0 Å². The highest BCUT2D eigenvalue weighted by Crippen LogP contribution is 2.37. The van der Waals surface area contributed by atoms with E-state index in [1.807, 2.05) is 24.3 Å². The molecule has 1 fully saturated rings. The zero-order chi connectivity index (χ0) is 20.4. The lowest BCUT2D eigenvalue weighted by Gasteiger charge is -2.33. The zero-order valence-corrected chi connectivity index (χ0v) is 16.9. The fraction of sp³-hybridized carbons (Fsp3) is 0.333. The molecule has 1 amide bonds. The minimum atomic E-state index is -0.138. The first kappa shape index (κ1) is 19.5. The first-order valence-electron chi connectivity index (χ1n) is 9.58. The second-order valence-electron chi connectivity index (χ2n) is 7.25. The van der Waals surface area contributed by atoms with Crippen LogP contribution in [0.3, 0.4) is 0 Å². The van der Waals surface area contributed by atoms with Gasteiger partial charge in [-0.05, 0) is 31.2 Å². The molecule has 2 aromatic carbocycles. The average molecular weight is 417 g/mol. The van der Waals surface area contributed by atoms with E-state index in [0.717, 1.165) is 36.9 Å². The van der Waals surface area contributed by atoms with Crippen LogP contribution in [0.25, 0.3) is 0 Å². The van der Waals surface area contributed by atoms with Gasteiger partial charge in [0.2, 0.25) is 6.79 Å². The van der Waals surface area contributed by atoms with Gasteiger partial charge in [-0.2, -0.15) is 0 Å². The van der Waals surface area contributed by atoms with Crippen LogP contribution in [-0.2, 0) is 4.79 Å². The lowest BCUT2D eigenvalue weighted by molar-refractivity contribution is -0.892. The maximum Gasteiger partial charge on any atom is 0.279 e. The summed E-state index contributed by atoms with van der Waals surface area (Å²) < 4.78 is 10.7. The van der Waals surface area contributed by atoms with E-state index in [1.165, 1.54) is 11.8 Å². The van der Waals surface area contributed by atoms with Gasteiger partial charge >= 0.3 is 0 Å². The Balaban J connectivity index is 1.36. The van der Waals surface area contributed by atoms with Crippen molar-refractivity contribution < 1.29 is 24.0 Å². The molecule has 1 saturated heterocycles. The minimum Gasteiger partial charge on any atom is -0.454 e. The van der Waals surface area contributed by atoms with Gasteiger partial charge in [0.25, 0.3) is 5.91 Å². The molecule has 0 spiro atoms. The van der Waals surface area contributed by atoms with Crippen LogP contribution in [-0.4, -0.2) is 51.2 Å². The van der Waals surface area contributed by atoms with Gasteiger partial charge in [0.15, 0.2) is 23.8 Å². The van der Waals surface area contributed by atoms with Crippen LogP contribution in [0.5, 0.6) is 11.5 Å².